The number of carbonyl (C=O) groups is 1. The third-order valence-electron chi connectivity index (χ3n) is 3.09. The number of esters is 1. The van der Waals surface area contributed by atoms with Gasteiger partial charge in [-0.3, -0.25) is 0 Å². The third kappa shape index (κ3) is 3.56. The van der Waals surface area contributed by atoms with E-state index in [0.717, 1.165) is 12.8 Å². The predicted octanol–water partition coefficient (Wildman–Crippen LogP) is 0.930. The molecule has 7 heteroatoms. The second-order valence-electron chi connectivity index (χ2n) is 4.51. The number of hydrogen-bond acceptors (Lipinski definition) is 5. The van der Waals surface area contributed by atoms with Crippen LogP contribution in [0.3, 0.4) is 0 Å². The average Bonchev–Trinajstić information content (AvgIpc) is 2.98. The van der Waals surface area contributed by atoms with Crippen LogP contribution in [0.1, 0.15) is 23.2 Å². The first-order chi connectivity index (χ1) is 9.53. The lowest BCUT2D eigenvalue weighted by Crippen LogP contribution is -2.31. The van der Waals surface area contributed by atoms with Gasteiger partial charge in [-0.25, -0.2) is 17.9 Å². The largest absolute Gasteiger partial charge is 0.465 e. The molecule has 1 heterocycles. The van der Waals surface area contributed by atoms with Gasteiger partial charge in [0.2, 0.25) is 10.0 Å². The molecule has 0 radical (unpaired) electrons. The van der Waals surface area contributed by atoms with Crippen LogP contribution in [-0.2, 0) is 19.5 Å². The molecule has 2 rings (SSSR count). The van der Waals surface area contributed by atoms with E-state index in [1.165, 1.54) is 31.4 Å². The van der Waals surface area contributed by atoms with E-state index >= 15 is 0 Å². The van der Waals surface area contributed by atoms with Crippen LogP contribution in [0.25, 0.3) is 0 Å². The maximum absolute atomic E-state index is 12.1. The second-order valence-corrected chi connectivity index (χ2v) is 6.27. The molecule has 1 saturated heterocycles. The number of hydrogen-bond donors (Lipinski definition) is 1. The van der Waals surface area contributed by atoms with E-state index in [2.05, 4.69) is 9.46 Å². The number of sulfonamides is 1. The zero-order valence-corrected chi connectivity index (χ0v) is 12.0. The minimum atomic E-state index is -3.65. The Morgan fingerprint density at radius 2 is 2.30 bits per heavy atom. The number of nitrogens with one attached hydrogen (secondary N) is 1. The molecule has 1 fully saturated rings. The Morgan fingerprint density at radius 1 is 1.50 bits per heavy atom. The summed E-state index contributed by atoms with van der Waals surface area (Å²) in [5.74, 6) is -0.568. The fraction of sp³-hybridized carbons (Fsp3) is 0.462. The Morgan fingerprint density at radius 3 is 2.95 bits per heavy atom. The lowest BCUT2D eigenvalue weighted by molar-refractivity contribution is 0.0600. The molecule has 6 nitrogen and oxygen atoms in total. The van der Waals surface area contributed by atoms with E-state index in [1.54, 1.807) is 0 Å². The van der Waals surface area contributed by atoms with Gasteiger partial charge in [0, 0.05) is 13.2 Å². The van der Waals surface area contributed by atoms with Gasteiger partial charge in [0.15, 0.2) is 0 Å². The summed E-state index contributed by atoms with van der Waals surface area (Å²) in [6, 6.07) is 5.74. The first-order valence-electron chi connectivity index (χ1n) is 6.32. The molecule has 0 spiro atoms. The average molecular weight is 299 g/mol. The molecule has 1 atom stereocenters. The monoisotopic (exact) mass is 299 g/mol. The standard InChI is InChI=1S/C13H17NO5S/c1-18-13(15)10-4-2-6-12(8-10)20(16,17)14-9-11-5-3-7-19-11/h2,4,6,8,11,14H,3,5,7,9H2,1H3/t11-/m0/s1. The zero-order valence-electron chi connectivity index (χ0n) is 11.2. The lowest BCUT2D eigenvalue weighted by Gasteiger charge is -2.11. The van der Waals surface area contributed by atoms with Crippen molar-refractivity contribution in [1.82, 2.24) is 4.72 Å². The molecule has 0 aliphatic carbocycles. The van der Waals surface area contributed by atoms with Crippen LogP contribution in [0.4, 0.5) is 0 Å². The number of benzene rings is 1. The molecule has 0 saturated carbocycles. The molecule has 20 heavy (non-hydrogen) atoms. The van der Waals surface area contributed by atoms with Crippen molar-refractivity contribution in [2.24, 2.45) is 0 Å². The topological polar surface area (TPSA) is 81.7 Å². The van der Waals surface area contributed by atoms with E-state index in [-0.39, 0.29) is 23.1 Å². The summed E-state index contributed by atoms with van der Waals surface area (Å²) in [7, 11) is -2.40. The van der Waals surface area contributed by atoms with Gasteiger partial charge in [0.1, 0.15) is 0 Å². The van der Waals surface area contributed by atoms with Crippen molar-refractivity contribution in [2.45, 2.75) is 23.8 Å². The van der Waals surface area contributed by atoms with Crippen LogP contribution in [0, 0.1) is 0 Å². The molecule has 1 aromatic carbocycles. The minimum absolute atomic E-state index is 0.0402. The molecule has 1 aliphatic heterocycles. The lowest BCUT2D eigenvalue weighted by atomic mass is 10.2. The maximum Gasteiger partial charge on any atom is 0.337 e. The van der Waals surface area contributed by atoms with Crippen LogP contribution in [-0.4, -0.2) is 40.8 Å². The SMILES string of the molecule is COC(=O)c1cccc(S(=O)(=O)NC[C@@H]2CCCO2)c1. The van der Waals surface area contributed by atoms with Gasteiger partial charge in [-0.1, -0.05) is 6.07 Å². The van der Waals surface area contributed by atoms with Crippen molar-refractivity contribution in [2.75, 3.05) is 20.3 Å². The van der Waals surface area contributed by atoms with Gasteiger partial charge in [-0.15, -0.1) is 0 Å². The minimum Gasteiger partial charge on any atom is -0.465 e. The Balaban J connectivity index is 2.10. The number of carbonyl (C=O) groups excluding carboxylic acids is 1. The fourth-order valence-electron chi connectivity index (χ4n) is 2.00. The van der Waals surface area contributed by atoms with E-state index in [4.69, 9.17) is 4.74 Å². The fourth-order valence-corrected chi connectivity index (χ4v) is 3.11. The normalized spacial score (nSPS) is 18.9. The summed E-state index contributed by atoms with van der Waals surface area (Å²) < 4.78 is 36.7. The molecule has 1 aliphatic rings. The Labute approximate surface area is 118 Å². The van der Waals surface area contributed by atoms with Crippen LogP contribution >= 0.6 is 0 Å². The smallest absolute Gasteiger partial charge is 0.337 e. The van der Waals surface area contributed by atoms with E-state index in [9.17, 15) is 13.2 Å². The van der Waals surface area contributed by atoms with Crippen molar-refractivity contribution in [3.8, 4) is 0 Å². The molecule has 1 aromatic rings. The van der Waals surface area contributed by atoms with Crippen LogP contribution < -0.4 is 4.72 Å². The van der Waals surface area contributed by atoms with Gasteiger partial charge < -0.3 is 9.47 Å². The highest BCUT2D eigenvalue weighted by Gasteiger charge is 2.21. The summed E-state index contributed by atoms with van der Waals surface area (Å²) >= 11 is 0. The highest BCUT2D eigenvalue weighted by Crippen LogP contribution is 2.14. The zero-order chi connectivity index (χ0) is 14.6. The quantitative estimate of drug-likeness (QED) is 0.818. The summed E-state index contributed by atoms with van der Waals surface area (Å²) in [6.07, 6.45) is 1.73. The van der Waals surface area contributed by atoms with Gasteiger partial charge in [-0.2, -0.15) is 0 Å². The van der Waals surface area contributed by atoms with Gasteiger partial charge in [0.05, 0.1) is 23.7 Å². The van der Waals surface area contributed by atoms with Crippen LogP contribution in [0.5, 0.6) is 0 Å². The molecule has 0 amide bonds. The van der Waals surface area contributed by atoms with Gasteiger partial charge >= 0.3 is 5.97 Å². The van der Waals surface area contributed by atoms with E-state index in [1.807, 2.05) is 0 Å². The Kier molecular flexibility index (Phi) is 4.74. The Hall–Kier alpha value is -1.44. The maximum atomic E-state index is 12.1. The number of ether oxygens (including phenoxy) is 2. The summed E-state index contributed by atoms with van der Waals surface area (Å²) in [4.78, 5) is 11.4. The summed E-state index contributed by atoms with van der Waals surface area (Å²) in [5.41, 5.74) is 0.201. The second kappa shape index (κ2) is 6.34. The molecule has 1 N–H and O–H groups in total. The van der Waals surface area contributed by atoms with Gasteiger partial charge in [0.25, 0.3) is 0 Å². The molecular weight excluding hydrogens is 282 g/mol. The molecular formula is C13H17NO5S. The number of rotatable bonds is 5. The Bertz CT molecular complexity index is 578. The molecule has 0 unspecified atom stereocenters. The number of methoxy groups -OCH3 is 1. The highest BCUT2D eigenvalue weighted by molar-refractivity contribution is 7.89. The first kappa shape index (κ1) is 15.0. The van der Waals surface area contributed by atoms with Crippen molar-refractivity contribution in [3.63, 3.8) is 0 Å². The van der Waals surface area contributed by atoms with Crippen molar-refractivity contribution < 1.29 is 22.7 Å². The van der Waals surface area contributed by atoms with Crippen molar-refractivity contribution in [3.05, 3.63) is 29.8 Å². The van der Waals surface area contributed by atoms with E-state index in [0.29, 0.717) is 6.61 Å². The predicted molar refractivity (Wildman–Crippen MR) is 71.9 cm³/mol. The van der Waals surface area contributed by atoms with Gasteiger partial charge in [-0.05, 0) is 31.0 Å². The first-order valence-corrected chi connectivity index (χ1v) is 7.81. The molecule has 110 valence electrons. The molecule has 0 bridgehead atoms. The van der Waals surface area contributed by atoms with Crippen LogP contribution in [0.2, 0.25) is 0 Å². The summed E-state index contributed by atoms with van der Waals surface area (Å²) in [5, 5.41) is 0. The highest BCUT2D eigenvalue weighted by atomic mass is 32.2. The summed E-state index contributed by atoms with van der Waals surface area (Å²) in [6.45, 7) is 0.912. The third-order valence-corrected chi connectivity index (χ3v) is 4.51. The van der Waals surface area contributed by atoms with Crippen molar-refractivity contribution in [1.29, 1.82) is 0 Å². The van der Waals surface area contributed by atoms with E-state index < -0.39 is 16.0 Å². The van der Waals surface area contributed by atoms with Crippen molar-refractivity contribution >= 4 is 16.0 Å². The molecule has 0 aromatic heterocycles. The van der Waals surface area contributed by atoms with Crippen LogP contribution in [0.15, 0.2) is 29.2 Å².